The summed E-state index contributed by atoms with van der Waals surface area (Å²) in [7, 11) is 2.38. The van der Waals surface area contributed by atoms with E-state index in [1.165, 1.54) is 103 Å². The van der Waals surface area contributed by atoms with Gasteiger partial charge in [0.1, 0.15) is 0 Å². The van der Waals surface area contributed by atoms with E-state index in [9.17, 15) is 0 Å². The summed E-state index contributed by atoms with van der Waals surface area (Å²) in [5.41, 5.74) is 3.78. The molecule has 3 nitrogen and oxygen atoms in total. The molecule has 0 aromatic carbocycles. The molecule has 0 radical (unpaired) electrons. The van der Waals surface area contributed by atoms with E-state index in [1.54, 1.807) is 0 Å². The number of likely N-dealkylation sites (tertiary alicyclic amines) is 1. The summed E-state index contributed by atoms with van der Waals surface area (Å²) in [5.74, 6) is 1.79. The Kier molecular flexibility index (Phi) is 7.12. The van der Waals surface area contributed by atoms with E-state index in [0.29, 0.717) is 0 Å². The van der Waals surface area contributed by atoms with Gasteiger partial charge in [0, 0.05) is 30.2 Å². The lowest BCUT2D eigenvalue weighted by Gasteiger charge is -2.53. The van der Waals surface area contributed by atoms with Crippen LogP contribution in [0.2, 0.25) is 0 Å². The fraction of sp³-hybridized carbons (Fsp3) is 0.929. The van der Waals surface area contributed by atoms with Crippen LogP contribution in [0.3, 0.4) is 0 Å². The molecule has 176 valence electrons. The van der Waals surface area contributed by atoms with Gasteiger partial charge in [0.2, 0.25) is 0 Å². The molecule has 0 amide bonds. The molecular weight excluding hydrogens is 378 g/mol. The van der Waals surface area contributed by atoms with Gasteiger partial charge >= 0.3 is 0 Å². The summed E-state index contributed by atoms with van der Waals surface area (Å²) < 4.78 is 0. The highest BCUT2D eigenvalue weighted by Gasteiger charge is 2.42. The Labute approximate surface area is 192 Å². The van der Waals surface area contributed by atoms with Gasteiger partial charge in [-0.05, 0) is 109 Å². The molecule has 4 saturated heterocycles. The number of hydrogen-bond donors (Lipinski definition) is 1. The largest absolute Gasteiger partial charge is 0.314 e. The Bertz CT molecular complexity index is 636. The fourth-order valence-electron chi connectivity index (χ4n) is 8.40. The smallest absolute Gasteiger partial charge is 0.0309 e. The van der Waals surface area contributed by atoms with E-state index in [4.69, 9.17) is 0 Å². The highest BCUT2D eigenvalue weighted by Crippen LogP contribution is 2.44. The number of nitrogens with zero attached hydrogens (tertiary/aromatic N) is 2. The number of fused-ring (bicyclic) bond motifs is 2. The van der Waals surface area contributed by atoms with Crippen molar-refractivity contribution in [3.8, 4) is 0 Å². The molecule has 0 aromatic heterocycles. The van der Waals surface area contributed by atoms with Gasteiger partial charge in [-0.25, -0.2) is 0 Å². The van der Waals surface area contributed by atoms with E-state index in [1.807, 2.05) is 11.1 Å². The number of nitrogens with one attached hydrogen (secondary N) is 1. The van der Waals surface area contributed by atoms with Crippen LogP contribution in [0.5, 0.6) is 0 Å². The van der Waals surface area contributed by atoms with Crippen LogP contribution in [0, 0.1) is 11.8 Å². The third kappa shape index (κ3) is 4.94. The molecular formula is C28H49N3. The summed E-state index contributed by atoms with van der Waals surface area (Å²) in [4.78, 5) is 5.80. The lowest BCUT2D eigenvalue weighted by molar-refractivity contribution is -0.0220. The van der Waals surface area contributed by atoms with Gasteiger partial charge in [-0.15, -0.1) is 0 Å². The second kappa shape index (κ2) is 9.85. The van der Waals surface area contributed by atoms with Crippen LogP contribution >= 0.6 is 0 Å². The molecule has 4 heterocycles. The first kappa shape index (κ1) is 22.4. The van der Waals surface area contributed by atoms with E-state index in [-0.39, 0.29) is 0 Å². The van der Waals surface area contributed by atoms with Gasteiger partial charge in [-0.1, -0.05) is 37.8 Å². The molecule has 1 N–H and O–H groups in total. The van der Waals surface area contributed by atoms with Gasteiger partial charge < -0.3 is 5.32 Å². The zero-order valence-corrected chi connectivity index (χ0v) is 20.7. The Morgan fingerprint density at radius 3 is 2.65 bits per heavy atom. The van der Waals surface area contributed by atoms with Crippen LogP contribution in [0.25, 0.3) is 0 Å². The van der Waals surface area contributed by atoms with Crippen molar-refractivity contribution in [2.45, 2.75) is 134 Å². The molecule has 1 aliphatic carbocycles. The number of likely N-dealkylation sites (N-methyl/N-ethyl adjacent to an activating group) is 1. The minimum Gasteiger partial charge on any atom is -0.314 e. The van der Waals surface area contributed by atoms with Gasteiger partial charge in [0.15, 0.2) is 0 Å². The summed E-state index contributed by atoms with van der Waals surface area (Å²) in [6.07, 6.45) is 19.9. The average Bonchev–Trinajstić information content (AvgIpc) is 2.75. The van der Waals surface area contributed by atoms with Crippen molar-refractivity contribution < 1.29 is 0 Å². The van der Waals surface area contributed by atoms with Crippen molar-refractivity contribution in [1.82, 2.24) is 15.1 Å². The molecule has 4 aliphatic heterocycles. The molecule has 7 atom stereocenters. The fourth-order valence-corrected chi connectivity index (χ4v) is 8.40. The van der Waals surface area contributed by atoms with Crippen LogP contribution < -0.4 is 5.32 Å². The van der Waals surface area contributed by atoms with E-state index in [2.05, 4.69) is 36.0 Å². The average molecular weight is 428 g/mol. The summed E-state index contributed by atoms with van der Waals surface area (Å²) in [5, 5.41) is 3.88. The van der Waals surface area contributed by atoms with Crippen molar-refractivity contribution in [2.75, 3.05) is 20.1 Å². The van der Waals surface area contributed by atoms with Crippen LogP contribution in [-0.2, 0) is 0 Å². The maximum absolute atomic E-state index is 3.88. The Morgan fingerprint density at radius 1 is 0.903 bits per heavy atom. The highest BCUT2D eigenvalue weighted by atomic mass is 15.2. The van der Waals surface area contributed by atoms with Crippen LogP contribution in [0.4, 0.5) is 0 Å². The quantitative estimate of drug-likeness (QED) is 0.576. The van der Waals surface area contributed by atoms with Gasteiger partial charge in [0.25, 0.3) is 0 Å². The monoisotopic (exact) mass is 427 g/mol. The van der Waals surface area contributed by atoms with Crippen molar-refractivity contribution >= 4 is 0 Å². The van der Waals surface area contributed by atoms with Crippen molar-refractivity contribution in [3.05, 3.63) is 11.1 Å². The number of hydrogen-bond acceptors (Lipinski definition) is 3. The SMILES string of the molecule is CC1CC(CC2CCCC3CC(C)CC(CC4CCCCN4)N23)=C2CCCN(C)C2C1. The standard InChI is InChI=1S/C28H49N3/c1-20-14-22(27-11-7-13-30(3)28(27)17-20)18-25-10-6-9-24-15-21(2)16-26(31(24)25)19-23-8-4-5-12-29-23/h20-21,23-26,28-29H,4-19H2,1-3H3. The molecule has 4 fully saturated rings. The number of piperidine rings is 4. The molecule has 0 aromatic rings. The normalized spacial score (nSPS) is 42.9. The van der Waals surface area contributed by atoms with Gasteiger partial charge in [-0.3, -0.25) is 9.80 Å². The third-order valence-corrected chi connectivity index (χ3v) is 9.71. The maximum Gasteiger partial charge on any atom is 0.0309 e. The Hall–Kier alpha value is -0.380. The second-order valence-corrected chi connectivity index (χ2v) is 12.3. The lowest BCUT2D eigenvalue weighted by atomic mass is 9.73. The van der Waals surface area contributed by atoms with Gasteiger partial charge in [-0.2, -0.15) is 0 Å². The van der Waals surface area contributed by atoms with Gasteiger partial charge in [0.05, 0.1) is 0 Å². The van der Waals surface area contributed by atoms with Crippen LogP contribution in [0.1, 0.15) is 104 Å². The topological polar surface area (TPSA) is 18.5 Å². The highest BCUT2D eigenvalue weighted by molar-refractivity contribution is 5.27. The zero-order valence-electron chi connectivity index (χ0n) is 20.7. The molecule has 7 unspecified atom stereocenters. The van der Waals surface area contributed by atoms with Crippen LogP contribution in [0.15, 0.2) is 11.1 Å². The van der Waals surface area contributed by atoms with E-state index in [0.717, 1.165) is 42.0 Å². The maximum atomic E-state index is 3.88. The van der Waals surface area contributed by atoms with Crippen molar-refractivity contribution in [1.29, 1.82) is 0 Å². The molecule has 0 saturated carbocycles. The minimum absolute atomic E-state index is 0.760. The van der Waals surface area contributed by atoms with Crippen molar-refractivity contribution in [3.63, 3.8) is 0 Å². The molecule has 5 aliphatic rings. The first-order valence-corrected chi connectivity index (χ1v) is 14.0. The van der Waals surface area contributed by atoms with E-state index < -0.39 is 0 Å². The zero-order chi connectivity index (χ0) is 21.4. The van der Waals surface area contributed by atoms with Crippen molar-refractivity contribution in [2.24, 2.45) is 11.8 Å². The number of rotatable bonds is 4. The summed E-state index contributed by atoms with van der Waals surface area (Å²) in [6.45, 7) is 7.62. The summed E-state index contributed by atoms with van der Waals surface area (Å²) >= 11 is 0. The second-order valence-electron chi connectivity index (χ2n) is 12.3. The third-order valence-electron chi connectivity index (χ3n) is 9.71. The molecule has 31 heavy (non-hydrogen) atoms. The molecule has 5 rings (SSSR count). The Morgan fingerprint density at radius 2 is 1.81 bits per heavy atom. The first-order valence-electron chi connectivity index (χ1n) is 14.0. The van der Waals surface area contributed by atoms with Crippen LogP contribution in [-0.4, -0.2) is 60.1 Å². The predicted molar refractivity (Wildman–Crippen MR) is 131 cm³/mol. The molecule has 0 spiro atoms. The molecule has 3 heteroatoms. The predicted octanol–water partition coefficient (Wildman–Crippen LogP) is 5.75. The lowest BCUT2D eigenvalue weighted by Crippen LogP contribution is -2.57. The summed E-state index contributed by atoms with van der Waals surface area (Å²) in [6, 6.07) is 4.05. The Balaban J connectivity index is 1.36. The van der Waals surface area contributed by atoms with E-state index >= 15 is 0 Å². The molecule has 0 bridgehead atoms. The minimum atomic E-state index is 0.760. The first-order chi connectivity index (χ1) is 15.1.